The zero-order chi connectivity index (χ0) is 57.3. The maximum absolute atomic E-state index is 10.6. The summed E-state index contributed by atoms with van der Waals surface area (Å²) in [4.78, 5) is 25.0. The van der Waals surface area contributed by atoms with Crippen molar-refractivity contribution in [2.45, 2.75) is 75.1 Å². The Morgan fingerprint density at radius 2 is 1.00 bits per heavy atom. The van der Waals surface area contributed by atoms with E-state index in [2.05, 4.69) is 66.5 Å². The largest absolute Gasteiger partial charge is 0.184 e. The summed E-state index contributed by atoms with van der Waals surface area (Å²) in [7, 11) is 3.08. The summed E-state index contributed by atoms with van der Waals surface area (Å²) in [5.41, 5.74) is 1.76. The van der Waals surface area contributed by atoms with Crippen molar-refractivity contribution < 1.29 is 48.4 Å². The number of aliphatic carboxylic acids is 2. The molecule has 404 valence electrons. The molecule has 5 aromatic rings. The van der Waals surface area contributed by atoms with Crippen LogP contribution < -0.4 is 17.0 Å². The molecular weight excluding hydrogens is 1330 g/mol. The Kier molecular flexibility index (Phi) is 49.1. The van der Waals surface area contributed by atoms with E-state index in [1.807, 2.05) is 188 Å². The van der Waals surface area contributed by atoms with Crippen LogP contribution >= 0.6 is 128 Å². The van der Waals surface area contributed by atoms with Gasteiger partial charge < -0.3 is 27.2 Å². The van der Waals surface area contributed by atoms with Crippen molar-refractivity contribution >= 4 is 204 Å². The normalized spacial score (nSPS) is 12.2. The number of azo groups is 1. The SMILES string of the molecule is CC(C#N)(CCC(=O)O)SC(=S)c1ccccc1.CC(C#N)(CCCOO)N=NC(C)(C#N)CCC(=O)O.S=C(SSC(=S)c1ccccc1)c1ccccc1.S=C=S.[2HH].[Br-].[Mg+2].[Mg]=[S](Br)C(=S)c1ccccc1.[c-]1ccccc1. The average Bonchev–Trinajstić information content (AvgIpc) is 3.45. The Morgan fingerprint density at radius 3 is 1.31 bits per heavy atom. The van der Waals surface area contributed by atoms with Crippen LogP contribution in [0, 0.1) is 40.1 Å². The molecule has 0 heterocycles. The maximum Gasteiger partial charge on any atom is -0.171 e. The molecule has 0 fully saturated rings. The molecule has 4 atom stereocenters. The first-order valence-corrected chi connectivity index (χ1v) is 32.5. The van der Waals surface area contributed by atoms with Crippen LogP contribution in [0.25, 0.3) is 0 Å². The van der Waals surface area contributed by atoms with E-state index in [9.17, 15) is 14.9 Å². The third kappa shape index (κ3) is 39.0. The molecule has 3 N–H and O–H groups in total. The van der Waals surface area contributed by atoms with E-state index in [1.165, 1.54) is 40.3 Å². The minimum atomic E-state index is -1.27. The summed E-state index contributed by atoms with van der Waals surface area (Å²) < 4.78 is 4.46. The van der Waals surface area contributed by atoms with E-state index in [1.54, 1.807) is 13.8 Å². The first kappa shape index (κ1) is 79.7. The second-order valence-electron chi connectivity index (χ2n) is 15.4. The number of hydrogen-bond acceptors (Lipinski definition) is 18. The van der Waals surface area contributed by atoms with Gasteiger partial charge in [0.15, 0.2) is 11.1 Å². The smallest absolute Gasteiger partial charge is 0.171 e. The second kappa shape index (κ2) is 48.1. The molecule has 0 saturated heterocycles. The van der Waals surface area contributed by atoms with Gasteiger partial charge >= 0.3 is 128 Å². The van der Waals surface area contributed by atoms with E-state index < -0.39 is 27.8 Å². The summed E-state index contributed by atoms with van der Waals surface area (Å²) in [6.07, 6.45) is 0.816. The summed E-state index contributed by atoms with van der Waals surface area (Å²) in [6, 6.07) is 58.0. The number of carbonyl (C=O) groups is 2. The molecule has 0 aliphatic rings. The van der Waals surface area contributed by atoms with Crippen LogP contribution in [-0.2, 0) is 14.5 Å². The van der Waals surface area contributed by atoms with Gasteiger partial charge in [-0.3, -0.25) is 14.8 Å². The Bertz CT molecular complexity index is 2730. The molecule has 5 aromatic carbocycles. The van der Waals surface area contributed by atoms with Gasteiger partial charge in [0.2, 0.25) is 0 Å². The second-order valence-corrected chi connectivity index (χ2v) is 30.1. The zero-order valence-electron chi connectivity index (χ0n) is 42.4. The van der Waals surface area contributed by atoms with Crippen LogP contribution in [0.15, 0.2) is 162 Å². The number of rotatable bonds is 17. The molecule has 78 heavy (non-hydrogen) atoms. The van der Waals surface area contributed by atoms with Crippen LogP contribution in [0.5, 0.6) is 0 Å². The number of nitrogens with zero attached hydrogens (tertiary/aromatic N) is 5. The number of hydrogen-bond donors (Lipinski definition) is 3. The fourth-order valence-electron chi connectivity index (χ4n) is 4.99. The summed E-state index contributed by atoms with van der Waals surface area (Å²) in [6.45, 7) is 4.80. The Labute approximate surface area is 551 Å². The van der Waals surface area contributed by atoms with Crippen LogP contribution in [-0.4, -0.2) is 114 Å². The van der Waals surface area contributed by atoms with Crippen molar-refractivity contribution in [2.24, 2.45) is 10.2 Å². The minimum Gasteiger partial charge on any atom is -0.184 e. The van der Waals surface area contributed by atoms with Crippen molar-refractivity contribution in [3.05, 3.63) is 180 Å². The summed E-state index contributed by atoms with van der Waals surface area (Å²) >= 11 is 35.8. The van der Waals surface area contributed by atoms with Gasteiger partial charge in [0.1, 0.15) is 4.75 Å². The number of thiocarbonyl (C=S) groups is 6. The predicted molar refractivity (Wildman–Crippen MR) is 349 cm³/mol. The van der Waals surface area contributed by atoms with Gasteiger partial charge in [0.25, 0.3) is 0 Å². The molecule has 0 radical (unpaired) electrons. The van der Waals surface area contributed by atoms with Gasteiger partial charge in [-0.05, 0) is 109 Å². The van der Waals surface area contributed by atoms with E-state index in [0.717, 1.165) is 34.8 Å². The third-order valence-electron chi connectivity index (χ3n) is 9.11. The van der Waals surface area contributed by atoms with Gasteiger partial charge in [0.05, 0.1) is 37.4 Å². The number of carboxylic acid groups (broad SMARTS) is 2. The summed E-state index contributed by atoms with van der Waals surface area (Å²) in [5.74, 6) is -1.92. The topological polar surface area (TPSA) is 200 Å². The molecule has 11 nitrogen and oxygen atoms in total. The number of benzene rings is 5. The van der Waals surface area contributed by atoms with Crippen molar-refractivity contribution in [3.8, 4) is 18.2 Å². The Morgan fingerprint density at radius 1 is 0.654 bits per heavy atom. The Hall–Kier alpha value is -2.50. The van der Waals surface area contributed by atoms with Crippen molar-refractivity contribution in [1.82, 2.24) is 0 Å². The Balaban J connectivity index is -0.000000450. The van der Waals surface area contributed by atoms with E-state index >= 15 is 0 Å². The van der Waals surface area contributed by atoms with Gasteiger partial charge in [-0.1, -0.05) is 139 Å². The van der Waals surface area contributed by atoms with Crippen molar-refractivity contribution in [1.29, 1.82) is 15.8 Å². The van der Waals surface area contributed by atoms with Crippen LogP contribution in [0.4, 0.5) is 0 Å². The van der Waals surface area contributed by atoms with Gasteiger partial charge in [0, 0.05) is 18.6 Å². The number of nitriles is 3. The maximum atomic E-state index is 10.6. The quantitative estimate of drug-likeness (QED) is 0.0116. The van der Waals surface area contributed by atoms with Gasteiger partial charge in [-0.15, -0.1) is 0 Å². The molecule has 4 unspecified atom stereocenters. The van der Waals surface area contributed by atoms with E-state index in [4.69, 9.17) is 74.9 Å². The van der Waals surface area contributed by atoms with Gasteiger partial charge in [-0.25, -0.2) is 4.89 Å². The molecular formula is C53H53Br2Mg2N5O6S10. The molecule has 0 aliphatic carbocycles. The standard InChI is InChI=1S/C14H10S4.C13H13NO2S2.C12H18N4O4.C7H5BrS2.C6H5.CS2.BrH.2Mg.H2/c15-13(11-7-3-1-4-8-11)17-18-14(16)12-9-5-2-6-10-12;1-13(9-14,8-7-11(15)16)18-12(17)10-5-3-2-4-6-10;1-11(8-13,5-3-7-20-19)15-16-12(2,9-14)6-4-10(17)18;8-10-7(9)6-4-2-1-3-5-6;1-2-4-6-5-3-1;2-1-3;;;;/h1-10H;2-6H,7-8H2,1H3,(H,15,16);19H,3-7H2,1-2H3,(H,17,18);1-5H;1-5H;;1H;;;1H/q;;;;-1;;;;+2;/p-1/i;;;;;;;;;1+1. The number of halogens is 2. The molecule has 25 heteroatoms. The van der Waals surface area contributed by atoms with Crippen LogP contribution in [0.3, 0.4) is 0 Å². The molecule has 5 rings (SSSR count). The molecule has 0 bridgehead atoms. The first-order chi connectivity index (χ1) is 36.2. The number of thioether (sulfide) groups is 1. The van der Waals surface area contributed by atoms with Gasteiger partial charge in [-0.2, -0.15) is 62.4 Å². The van der Waals surface area contributed by atoms with Crippen molar-refractivity contribution in [3.63, 3.8) is 0 Å². The van der Waals surface area contributed by atoms with E-state index in [0.29, 0.717) is 17.0 Å². The minimum absolute atomic E-state index is 0. The van der Waals surface area contributed by atoms with Crippen LogP contribution in [0.1, 0.15) is 83.0 Å². The number of carboxylic acids is 2. The molecule has 0 aliphatic heterocycles. The molecule has 0 aromatic heterocycles. The first-order valence-electron chi connectivity index (χ1n) is 22.1. The fourth-order valence-corrected chi connectivity index (χ4v) is 10.7. The monoisotopic (exact) mass is 1380 g/mol. The van der Waals surface area contributed by atoms with E-state index in [-0.39, 0.29) is 79.9 Å². The predicted octanol–water partition coefficient (Wildman–Crippen LogP) is 12.9. The molecule has 0 saturated carbocycles. The molecule has 0 amide bonds. The summed E-state index contributed by atoms with van der Waals surface area (Å²) in [5, 5.41) is 60.5. The fraction of sp³-hybridized carbons (Fsp3) is 0.245. The van der Waals surface area contributed by atoms with Crippen molar-refractivity contribution in [2.75, 3.05) is 6.61 Å². The zero-order valence-corrected chi connectivity index (χ0v) is 56.6. The van der Waals surface area contributed by atoms with Crippen LogP contribution in [0.2, 0.25) is 0 Å². The molecule has 0 spiro atoms. The average molecular weight is 1390 g/mol. The third-order valence-corrected chi connectivity index (χ3v) is 19.1.